The van der Waals surface area contributed by atoms with E-state index in [1.54, 1.807) is 15.9 Å². The van der Waals surface area contributed by atoms with Crippen LogP contribution in [-0.4, -0.2) is 65.0 Å². The summed E-state index contributed by atoms with van der Waals surface area (Å²) < 4.78 is 46.8. The molecule has 2 aliphatic heterocycles. The Kier molecular flexibility index (Phi) is 9.12. The van der Waals surface area contributed by atoms with Gasteiger partial charge in [-0.25, -0.2) is 4.79 Å². The molecule has 1 saturated heterocycles. The fraction of sp³-hybridized carbons (Fsp3) is 0.548. The third-order valence-electron chi connectivity index (χ3n) is 7.74. The molecule has 9 heteroatoms. The van der Waals surface area contributed by atoms with Crippen molar-refractivity contribution in [3.8, 4) is 0 Å². The molecule has 0 bridgehead atoms. The van der Waals surface area contributed by atoms with Crippen LogP contribution in [0.5, 0.6) is 0 Å². The van der Waals surface area contributed by atoms with Gasteiger partial charge in [0.25, 0.3) is 0 Å². The van der Waals surface area contributed by atoms with E-state index in [4.69, 9.17) is 4.74 Å². The third-order valence-corrected chi connectivity index (χ3v) is 7.74. The maximum atomic E-state index is 13.7. The Morgan fingerprint density at radius 2 is 1.65 bits per heavy atom. The fourth-order valence-corrected chi connectivity index (χ4v) is 5.64. The minimum Gasteiger partial charge on any atom is -0.444 e. The number of ether oxygens (including phenoxy) is 1. The smallest absolute Gasteiger partial charge is 0.416 e. The molecule has 2 amide bonds. The molecule has 1 fully saturated rings. The topological polar surface area (TPSA) is 53.1 Å². The van der Waals surface area contributed by atoms with Crippen LogP contribution in [-0.2, 0) is 41.6 Å². The van der Waals surface area contributed by atoms with Crippen molar-refractivity contribution in [2.45, 2.75) is 83.8 Å². The first kappa shape index (κ1) is 29.9. The van der Waals surface area contributed by atoms with Crippen molar-refractivity contribution in [1.82, 2.24) is 14.7 Å². The Balaban J connectivity index is 1.49. The van der Waals surface area contributed by atoms with E-state index < -0.39 is 17.3 Å². The van der Waals surface area contributed by atoms with E-state index in [0.717, 1.165) is 48.7 Å². The van der Waals surface area contributed by atoms with Gasteiger partial charge in [0, 0.05) is 32.1 Å². The molecule has 0 atom stereocenters. The molecule has 0 N–H and O–H groups in total. The van der Waals surface area contributed by atoms with Gasteiger partial charge < -0.3 is 19.4 Å². The molecule has 40 heavy (non-hydrogen) atoms. The van der Waals surface area contributed by atoms with Crippen LogP contribution < -0.4 is 0 Å². The summed E-state index contributed by atoms with van der Waals surface area (Å²) in [6, 6.07) is 11.4. The maximum absolute atomic E-state index is 13.7. The lowest BCUT2D eigenvalue weighted by Crippen LogP contribution is -2.46. The first-order valence-corrected chi connectivity index (χ1v) is 14.0. The molecule has 0 unspecified atom stereocenters. The van der Waals surface area contributed by atoms with Crippen molar-refractivity contribution in [3.05, 3.63) is 70.3 Å². The summed E-state index contributed by atoms with van der Waals surface area (Å²) >= 11 is 0. The second kappa shape index (κ2) is 12.2. The number of fused-ring (bicyclic) bond motifs is 1. The molecule has 0 spiro atoms. The quantitative estimate of drug-likeness (QED) is 0.432. The van der Waals surface area contributed by atoms with Gasteiger partial charge in [-0.15, -0.1) is 0 Å². The number of carbonyl (C=O) groups excluding carboxylic acids is 2. The van der Waals surface area contributed by atoms with Gasteiger partial charge in [-0.05, 0) is 94.9 Å². The van der Waals surface area contributed by atoms with Crippen LogP contribution in [0.15, 0.2) is 42.5 Å². The Labute approximate surface area is 235 Å². The van der Waals surface area contributed by atoms with Crippen molar-refractivity contribution in [2.75, 3.05) is 26.7 Å². The highest BCUT2D eigenvalue weighted by molar-refractivity contribution is 5.77. The van der Waals surface area contributed by atoms with Gasteiger partial charge in [0.2, 0.25) is 5.91 Å². The summed E-state index contributed by atoms with van der Waals surface area (Å²) in [7, 11) is 2.02. The average Bonchev–Trinajstić information content (AvgIpc) is 2.89. The van der Waals surface area contributed by atoms with E-state index in [9.17, 15) is 22.8 Å². The number of amides is 2. The molecule has 0 aromatic heterocycles. The summed E-state index contributed by atoms with van der Waals surface area (Å²) in [6.07, 6.45) is -1.97. The molecule has 2 aromatic rings. The molecule has 0 aliphatic carbocycles. The van der Waals surface area contributed by atoms with Crippen LogP contribution in [0.3, 0.4) is 0 Å². The Bertz CT molecular complexity index is 1200. The standard InChI is InChI=1S/C31H40F3N3O3/c1-30(2,3)40-29(39)36-19-16-26-22(9-7-10-23(26)20-36)12-13-28(38)37(25-14-17-35(4)18-15-25)21-24-8-5-6-11-27(24)31(32,33)34/h5-11,25H,12-21H2,1-4H3. The van der Waals surface area contributed by atoms with Crippen LogP contribution in [0, 0.1) is 0 Å². The number of piperidine rings is 1. The van der Waals surface area contributed by atoms with E-state index >= 15 is 0 Å². The number of likely N-dealkylation sites (tertiary alicyclic amines) is 1. The summed E-state index contributed by atoms with van der Waals surface area (Å²) in [5, 5.41) is 0. The third kappa shape index (κ3) is 7.56. The van der Waals surface area contributed by atoms with E-state index in [0.29, 0.717) is 25.9 Å². The first-order chi connectivity index (χ1) is 18.8. The maximum Gasteiger partial charge on any atom is 0.416 e. The summed E-state index contributed by atoms with van der Waals surface area (Å²) in [5.41, 5.74) is 2.10. The van der Waals surface area contributed by atoms with Crippen LogP contribution in [0.25, 0.3) is 0 Å². The van der Waals surface area contributed by atoms with Crippen LogP contribution in [0.2, 0.25) is 0 Å². The average molecular weight is 560 g/mol. The Morgan fingerprint density at radius 1 is 0.975 bits per heavy atom. The van der Waals surface area contributed by atoms with Crippen LogP contribution >= 0.6 is 0 Å². The van der Waals surface area contributed by atoms with Gasteiger partial charge in [-0.3, -0.25) is 4.79 Å². The lowest BCUT2D eigenvalue weighted by molar-refractivity contribution is -0.141. The zero-order valence-electron chi connectivity index (χ0n) is 23.9. The molecule has 2 aliphatic rings. The highest BCUT2D eigenvalue weighted by Gasteiger charge is 2.35. The number of alkyl halides is 3. The van der Waals surface area contributed by atoms with Gasteiger partial charge in [0.1, 0.15) is 5.60 Å². The number of rotatable bonds is 6. The van der Waals surface area contributed by atoms with Gasteiger partial charge in [0.15, 0.2) is 0 Å². The van der Waals surface area contributed by atoms with E-state index in [-0.39, 0.29) is 36.6 Å². The predicted molar refractivity (Wildman–Crippen MR) is 148 cm³/mol. The first-order valence-electron chi connectivity index (χ1n) is 14.0. The summed E-state index contributed by atoms with van der Waals surface area (Å²) in [4.78, 5) is 31.8. The van der Waals surface area contributed by atoms with Gasteiger partial charge in [0.05, 0.1) is 5.56 Å². The van der Waals surface area contributed by atoms with E-state index in [2.05, 4.69) is 4.90 Å². The molecule has 0 saturated carbocycles. The minimum atomic E-state index is -4.48. The minimum absolute atomic E-state index is 0.0549. The number of nitrogens with zero attached hydrogens (tertiary/aromatic N) is 3. The molecule has 218 valence electrons. The molecule has 2 aromatic carbocycles. The second-order valence-corrected chi connectivity index (χ2v) is 11.9. The highest BCUT2D eigenvalue weighted by atomic mass is 19.4. The molecular weight excluding hydrogens is 519 g/mol. The van der Waals surface area contributed by atoms with Crippen LogP contribution in [0.4, 0.5) is 18.0 Å². The van der Waals surface area contributed by atoms with Gasteiger partial charge in [-0.2, -0.15) is 13.2 Å². The summed E-state index contributed by atoms with van der Waals surface area (Å²) in [6.45, 7) is 8.05. The SMILES string of the molecule is CN1CCC(N(Cc2ccccc2C(F)(F)F)C(=O)CCc2cccc3c2CCN(C(=O)OC(C)(C)C)C3)CC1. The largest absolute Gasteiger partial charge is 0.444 e. The zero-order valence-corrected chi connectivity index (χ0v) is 23.9. The van der Waals surface area contributed by atoms with E-state index in [1.807, 2.05) is 46.0 Å². The lowest BCUT2D eigenvalue weighted by Gasteiger charge is -2.38. The number of hydrogen-bond acceptors (Lipinski definition) is 4. The Hall–Kier alpha value is -3.07. The number of halogens is 3. The van der Waals surface area contributed by atoms with Crippen LogP contribution in [0.1, 0.15) is 67.9 Å². The lowest BCUT2D eigenvalue weighted by atomic mass is 9.92. The molecule has 0 radical (unpaired) electrons. The monoisotopic (exact) mass is 559 g/mol. The van der Waals surface area contributed by atoms with Crippen molar-refractivity contribution in [1.29, 1.82) is 0 Å². The summed E-state index contributed by atoms with van der Waals surface area (Å²) in [5.74, 6) is -0.129. The van der Waals surface area contributed by atoms with Gasteiger partial charge in [-0.1, -0.05) is 36.4 Å². The molecule has 2 heterocycles. The van der Waals surface area contributed by atoms with Crippen molar-refractivity contribution < 1.29 is 27.5 Å². The number of benzene rings is 2. The predicted octanol–water partition coefficient (Wildman–Crippen LogP) is 6.05. The number of carbonyl (C=O) groups is 2. The molecular formula is C31H40F3N3O3. The Morgan fingerprint density at radius 3 is 2.33 bits per heavy atom. The zero-order chi connectivity index (χ0) is 29.1. The second-order valence-electron chi connectivity index (χ2n) is 11.9. The number of hydrogen-bond donors (Lipinski definition) is 0. The molecule has 6 nitrogen and oxygen atoms in total. The normalized spacial score (nSPS) is 16.9. The van der Waals surface area contributed by atoms with Crippen molar-refractivity contribution in [3.63, 3.8) is 0 Å². The van der Waals surface area contributed by atoms with Crippen molar-refractivity contribution >= 4 is 12.0 Å². The van der Waals surface area contributed by atoms with Crippen molar-refractivity contribution in [2.24, 2.45) is 0 Å². The number of aryl methyl sites for hydroxylation is 1. The molecule has 4 rings (SSSR count). The fourth-order valence-electron chi connectivity index (χ4n) is 5.64. The van der Waals surface area contributed by atoms with E-state index in [1.165, 1.54) is 12.1 Å². The highest BCUT2D eigenvalue weighted by Crippen LogP contribution is 2.33. The van der Waals surface area contributed by atoms with Gasteiger partial charge >= 0.3 is 12.3 Å².